The van der Waals surface area contributed by atoms with E-state index in [1.54, 1.807) is 13.0 Å². The van der Waals surface area contributed by atoms with Gasteiger partial charge in [-0.3, -0.25) is 0 Å². The van der Waals surface area contributed by atoms with Gasteiger partial charge in [-0.2, -0.15) is 18.3 Å². The van der Waals surface area contributed by atoms with Crippen LogP contribution in [0.15, 0.2) is 24.3 Å². The average Bonchev–Trinajstić information content (AvgIpc) is 2.68. The van der Waals surface area contributed by atoms with Gasteiger partial charge >= 0.3 is 6.18 Å². The predicted octanol–water partition coefficient (Wildman–Crippen LogP) is 3.55. The molecule has 4 heterocycles. The van der Waals surface area contributed by atoms with E-state index in [-0.39, 0.29) is 11.5 Å². The van der Waals surface area contributed by atoms with Crippen molar-refractivity contribution in [1.82, 2.24) is 15.1 Å². The summed E-state index contributed by atoms with van der Waals surface area (Å²) in [4.78, 5) is 2.35. The van der Waals surface area contributed by atoms with Gasteiger partial charge in [0.15, 0.2) is 0 Å². The fourth-order valence-electron chi connectivity index (χ4n) is 4.41. The average molecular weight is 393 g/mol. The molecule has 0 aliphatic carbocycles. The largest absolute Gasteiger partial charge is 0.507 e. The van der Waals surface area contributed by atoms with Crippen LogP contribution in [0.1, 0.15) is 35.8 Å². The van der Waals surface area contributed by atoms with Gasteiger partial charge < -0.3 is 15.1 Å². The lowest BCUT2D eigenvalue weighted by Crippen LogP contribution is -2.49. The van der Waals surface area contributed by atoms with E-state index >= 15 is 0 Å². The third-order valence-electron chi connectivity index (χ3n) is 6.00. The number of phenols is 1. The van der Waals surface area contributed by atoms with Crippen LogP contribution < -0.4 is 0 Å². The Morgan fingerprint density at radius 3 is 2.39 bits per heavy atom. The van der Waals surface area contributed by atoms with Gasteiger partial charge in [0, 0.05) is 18.0 Å². The molecule has 28 heavy (non-hydrogen) atoms. The molecule has 2 N–H and O–H groups in total. The van der Waals surface area contributed by atoms with Crippen molar-refractivity contribution in [2.75, 3.05) is 19.6 Å². The molecule has 3 aliphatic rings. The number of rotatable bonds is 3. The Morgan fingerprint density at radius 2 is 1.86 bits per heavy atom. The van der Waals surface area contributed by atoms with E-state index in [1.807, 2.05) is 0 Å². The summed E-state index contributed by atoms with van der Waals surface area (Å²) in [7, 11) is 0. The van der Waals surface area contributed by atoms with Crippen molar-refractivity contribution in [2.45, 2.75) is 32.0 Å². The molecule has 0 amide bonds. The number of nitrogens with zero attached hydrogens (tertiary/aromatic N) is 3. The van der Waals surface area contributed by atoms with Crippen molar-refractivity contribution in [3.63, 3.8) is 0 Å². The van der Waals surface area contributed by atoms with Crippen LogP contribution in [-0.4, -0.2) is 44.9 Å². The molecule has 2 aromatic rings. The van der Waals surface area contributed by atoms with Crippen LogP contribution in [0.25, 0.3) is 11.3 Å². The van der Waals surface area contributed by atoms with Crippen molar-refractivity contribution in [3.05, 3.63) is 41.1 Å². The van der Waals surface area contributed by atoms with Crippen LogP contribution in [0, 0.1) is 18.8 Å². The highest BCUT2D eigenvalue weighted by atomic mass is 19.4. The van der Waals surface area contributed by atoms with Crippen LogP contribution in [-0.2, 0) is 6.18 Å². The number of hydrogen-bond acceptors (Lipinski definition) is 5. The molecule has 1 aromatic carbocycles. The van der Waals surface area contributed by atoms with Crippen molar-refractivity contribution in [1.29, 1.82) is 0 Å². The molecule has 0 spiro atoms. The van der Waals surface area contributed by atoms with Gasteiger partial charge in [0.2, 0.25) is 0 Å². The van der Waals surface area contributed by atoms with E-state index in [9.17, 15) is 23.4 Å². The fourth-order valence-corrected chi connectivity index (χ4v) is 4.41. The maximum atomic E-state index is 12.8. The normalized spacial score (nSPS) is 25.7. The first-order valence-electron chi connectivity index (χ1n) is 9.39. The Morgan fingerprint density at radius 1 is 1.14 bits per heavy atom. The molecule has 3 saturated heterocycles. The Bertz CT molecular complexity index is 879. The van der Waals surface area contributed by atoms with Gasteiger partial charge in [0.25, 0.3) is 0 Å². The Kier molecular flexibility index (Phi) is 4.79. The molecular weight excluding hydrogens is 371 g/mol. The quantitative estimate of drug-likeness (QED) is 0.835. The van der Waals surface area contributed by atoms with Crippen LogP contribution in [0.4, 0.5) is 13.2 Å². The Labute approximate surface area is 160 Å². The summed E-state index contributed by atoms with van der Waals surface area (Å²) in [6.45, 7) is 4.73. The number of alkyl halides is 3. The third kappa shape index (κ3) is 3.46. The number of halogens is 3. The monoisotopic (exact) mass is 393 g/mol. The number of piperidine rings is 3. The Hall–Kier alpha value is -2.19. The predicted molar refractivity (Wildman–Crippen MR) is 96.5 cm³/mol. The number of aliphatic hydroxyl groups is 1. The van der Waals surface area contributed by atoms with E-state index in [2.05, 4.69) is 15.1 Å². The number of aromatic nitrogens is 2. The van der Waals surface area contributed by atoms with Gasteiger partial charge in [-0.05, 0) is 68.6 Å². The highest BCUT2D eigenvalue weighted by Crippen LogP contribution is 2.40. The number of phenolic OH excluding ortho intramolecular Hbond substituents is 1. The highest BCUT2D eigenvalue weighted by molar-refractivity contribution is 5.69. The van der Waals surface area contributed by atoms with Crippen LogP contribution in [0.2, 0.25) is 0 Å². The molecule has 2 atom stereocenters. The minimum Gasteiger partial charge on any atom is -0.507 e. The molecule has 3 aliphatic heterocycles. The standard InChI is InChI=1S/C20H22F3N3O2/c1-11-8-16(19(28)15-10-26-6-4-12(15)5-7-26)24-25-18(11)14-3-2-13(9-17(14)27)20(21,22)23/h2-3,8-9,12,15,19,27-28H,4-7,10H2,1H3/t15?,19-/m1/s1. The lowest BCUT2D eigenvalue weighted by molar-refractivity contribution is -0.137. The zero-order valence-corrected chi connectivity index (χ0v) is 15.4. The lowest BCUT2D eigenvalue weighted by Gasteiger charge is -2.46. The lowest BCUT2D eigenvalue weighted by atomic mass is 9.75. The first kappa shape index (κ1) is 19.1. The van der Waals surface area contributed by atoms with Crippen molar-refractivity contribution in [3.8, 4) is 17.0 Å². The van der Waals surface area contributed by atoms with Crippen LogP contribution in [0.3, 0.4) is 0 Å². The summed E-state index contributed by atoms with van der Waals surface area (Å²) in [5.74, 6) is 0.0835. The number of benzene rings is 1. The van der Waals surface area contributed by atoms with E-state index in [4.69, 9.17) is 0 Å². The minimum atomic E-state index is -4.53. The summed E-state index contributed by atoms with van der Waals surface area (Å²) in [6, 6.07) is 4.50. The molecule has 1 aromatic heterocycles. The van der Waals surface area contributed by atoms with Crippen molar-refractivity contribution in [2.24, 2.45) is 11.8 Å². The summed E-state index contributed by atoms with van der Waals surface area (Å²) in [5.41, 5.74) is 0.665. The molecule has 5 rings (SSSR count). The van der Waals surface area contributed by atoms with E-state index in [0.29, 0.717) is 28.9 Å². The van der Waals surface area contributed by atoms with Crippen LogP contribution in [0.5, 0.6) is 5.75 Å². The molecule has 0 saturated carbocycles. The van der Waals surface area contributed by atoms with Crippen molar-refractivity contribution < 1.29 is 23.4 Å². The van der Waals surface area contributed by atoms with Crippen molar-refractivity contribution >= 4 is 0 Å². The zero-order valence-electron chi connectivity index (χ0n) is 15.4. The smallest absolute Gasteiger partial charge is 0.416 e. The molecule has 3 fully saturated rings. The summed E-state index contributed by atoms with van der Waals surface area (Å²) in [6.07, 6.45) is -3.10. The topological polar surface area (TPSA) is 69.5 Å². The summed E-state index contributed by atoms with van der Waals surface area (Å²) < 4.78 is 38.4. The fraction of sp³-hybridized carbons (Fsp3) is 0.500. The molecular formula is C20H22F3N3O2. The third-order valence-corrected chi connectivity index (χ3v) is 6.00. The Balaban J connectivity index is 1.60. The van der Waals surface area contributed by atoms with Gasteiger partial charge in [-0.15, -0.1) is 5.10 Å². The molecule has 2 bridgehead atoms. The SMILES string of the molecule is Cc1cc([C@H](O)C2CN3CCC2CC3)nnc1-c1ccc(C(F)(F)F)cc1O. The highest BCUT2D eigenvalue weighted by Gasteiger charge is 2.39. The molecule has 0 radical (unpaired) electrons. The van der Waals surface area contributed by atoms with E-state index < -0.39 is 23.6 Å². The molecule has 1 unspecified atom stereocenters. The molecule has 8 heteroatoms. The van der Waals surface area contributed by atoms with Gasteiger partial charge in [-0.1, -0.05) is 0 Å². The number of aryl methyl sites for hydroxylation is 1. The number of aromatic hydroxyl groups is 1. The second-order valence-corrected chi connectivity index (χ2v) is 7.78. The first-order chi connectivity index (χ1) is 13.2. The minimum absolute atomic E-state index is 0.113. The van der Waals surface area contributed by atoms with Gasteiger partial charge in [0.05, 0.1) is 17.0 Å². The number of hydrogen-bond donors (Lipinski definition) is 2. The number of aliphatic hydroxyl groups excluding tert-OH is 1. The maximum Gasteiger partial charge on any atom is 0.416 e. The second kappa shape index (κ2) is 7.00. The zero-order chi connectivity index (χ0) is 20.1. The van der Waals surface area contributed by atoms with E-state index in [1.165, 1.54) is 6.07 Å². The molecule has 150 valence electrons. The summed E-state index contributed by atoms with van der Waals surface area (Å²) >= 11 is 0. The van der Waals surface area contributed by atoms with Gasteiger partial charge in [0.1, 0.15) is 11.9 Å². The van der Waals surface area contributed by atoms with Crippen LogP contribution >= 0.6 is 0 Å². The van der Waals surface area contributed by atoms with E-state index in [0.717, 1.165) is 38.5 Å². The number of fused-ring (bicyclic) bond motifs is 3. The maximum absolute atomic E-state index is 12.8. The molecule has 5 nitrogen and oxygen atoms in total. The summed E-state index contributed by atoms with van der Waals surface area (Å²) in [5, 5.41) is 29.1. The van der Waals surface area contributed by atoms with Gasteiger partial charge in [-0.25, -0.2) is 0 Å². The first-order valence-corrected chi connectivity index (χ1v) is 9.39. The second-order valence-electron chi connectivity index (χ2n) is 7.78.